The lowest BCUT2D eigenvalue weighted by Crippen LogP contribution is -2.43. The Morgan fingerprint density at radius 1 is 1.25 bits per heavy atom. The zero-order valence-electron chi connectivity index (χ0n) is 12.4. The van der Waals surface area contributed by atoms with E-state index in [2.05, 4.69) is 23.6 Å². The number of benzene rings is 1. The summed E-state index contributed by atoms with van der Waals surface area (Å²) in [5.41, 5.74) is 3.20. The number of rotatable bonds is 2. The lowest BCUT2D eigenvalue weighted by atomic mass is 9.86. The molecule has 2 rings (SSSR count). The third-order valence-electron chi connectivity index (χ3n) is 4.10. The van der Waals surface area contributed by atoms with Crippen molar-refractivity contribution in [2.75, 3.05) is 5.32 Å². The van der Waals surface area contributed by atoms with Crippen LogP contribution in [0.3, 0.4) is 0 Å². The number of hydrogen-bond donors (Lipinski definition) is 2. The van der Waals surface area contributed by atoms with Crippen molar-refractivity contribution >= 4 is 34.6 Å². The monoisotopic (exact) mass is 310 g/mol. The average Bonchev–Trinajstić information content (AvgIpc) is 2.36. The molecule has 2 atom stereocenters. The van der Waals surface area contributed by atoms with Crippen LogP contribution in [0.25, 0.3) is 0 Å². The second kappa shape index (κ2) is 6.77. The molecule has 0 heterocycles. The first-order valence-corrected chi connectivity index (χ1v) is 8.10. The van der Waals surface area contributed by atoms with Crippen LogP contribution < -0.4 is 10.6 Å². The summed E-state index contributed by atoms with van der Waals surface area (Å²) < 4.78 is 0. The molecule has 0 aromatic heterocycles. The van der Waals surface area contributed by atoms with Gasteiger partial charge in [0.05, 0.1) is 10.7 Å². The topological polar surface area (TPSA) is 24.1 Å². The summed E-state index contributed by atoms with van der Waals surface area (Å²) in [6.45, 7) is 6.39. The molecule has 1 aromatic carbocycles. The molecular formula is C16H23ClN2S. The molecule has 2 N–H and O–H groups in total. The van der Waals surface area contributed by atoms with E-state index >= 15 is 0 Å². The Balaban J connectivity index is 2.01. The molecule has 2 nitrogen and oxygen atoms in total. The van der Waals surface area contributed by atoms with Gasteiger partial charge in [-0.25, -0.2) is 0 Å². The largest absolute Gasteiger partial charge is 0.359 e. The maximum atomic E-state index is 6.30. The maximum absolute atomic E-state index is 6.30. The molecule has 1 fully saturated rings. The van der Waals surface area contributed by atoms with E-state index in [1.54, 1.807) is 0 Å². The van der Waals surface area contributed by atoms with Crippen LogP contribution >= 0.6 is 23.8 Å². The van der Waals surface area contributed by atoms with Crippen LogP contribution in [-0.4, -0.2) is 11.2 Å². The van der Waals surface area contributed by atoms with E-state index in [9.17, 15) is 0 Å². The summed E-state index contributed by atoms with van der Waals surface area (Å²) in [6.07, 6.45) is 5.10. The fraction of sp³-hybridized carbons (Fsp3) is 0.562. The quantitative estimate of drug-likeness (QED) is 0.766. The van der Waals surface area contributed by atoms with Crippen molar-refractivity contribution in [3.8, 4) is 0 Å². The third-order valence-corrected chi connectivity index (χ3v) is 4.62. The molecule has 0 saturated heterocycles. The summed E-state index contributed by atoms with van der Waals surface area (Å²) in [5, 5.41) is 8.11. The van der Waals surface area contributed by atoms with E-state index in [0.29, 0.717) is 17.1 Å². The zero-order chi connectivity index (χ0) is 14.7. The molecule has 0 spiro atoms. The Bertz CT molecular complexity index is 478. The summed E-state index contributed by atoms with van der Waals surface area (Å²) in [4.78, 5) is 0. The van der Waals surface area contributed by atoms with Gasteiger partial charge in [-0.15, -0.1) is 0 Å². The van der Waals surface area contributed by atoms with Crippen LogP contribution in [0.4, 0.5) is 5.69 Å². The van der Waals surface area contributed by atoms with Gasteiger partial charge in [0.1, 0.15) is 0 Å². The normalized spacial score (nSPS) is 22.4. The molecule has 0 radical (unpaired) electrons. The second-order valence-electron chi connectivity index (χ2n) is 5.91. The molecule has 1 saturated carbocycles. The third kappa shape index (κ3) is 3.86. The molecule has 0 bridgehead atoms. The molecular weight excluding hydrogens is 288 g/mol. The number of halogens is 1. The van der Waals surface area contributed by atoms with E-state index in [-0.39, 0.29) is 0 Å². The molecule has 0 amide bonds. The predicted molar refractivity (Wildman–Crippen MR) is 91.7 cm³/mol. The van der Waals surface area contributed by atoms with Gasteiger partial charge >= 0.3 is 0 Å². The van der Waals surface area contributed by atoms with Crippen molar-refractivity contribution in [3.05, 3.63) is 28.3 Å². The van der Waals surface area contributed by atoms with Crippen molar-refractivity contribution in [1.82, 2.24) is 5.32 Å². The van der Waals surface area contributed by atoms with Gasteiger partial charge in [0.2, 0.25) is 0 Å². The Labute approximate surface area is 132 Å². The van der Waals surface area contributed by atoms with Crippen molar-refractivity contribution in [3.63, 3.8) is 0 Å². The van der Waals surface area contributed by atoms with Crippen LogP contribution in [0.2, 0.25) is 5.02 Å². The van der Waals surface area contributed by atoms with Crippen molar-refractivity contribution < 1.29 is 0 Å². The molecule has 20 heavy (non-hydrogen) atoms. The van der Waals surface area contributed by atoms with Crippen LogP contribution in [0.5, 0.6) is 0 Å². The minimum absolute atomic E-state index is 0.480. The summed E-state index contributed by atoms with van der Waals surface area (Å²) >= 11 is 11.7. The van der Waals surface area contributed by atoms with Gasteiger partial charge in [0.15, 0.2) is 5.11 Å². The number of anilines is 1. The number of thiocarbonyl (C=S) groups is 1. The Kier molecular flexibility index (Phi) is 5.28. The Morgan fingerprint density at radius 3 is 2.60 bits per heavy atom. The lowest BCUT2D eigenvalue weighted by Gasteiger charge is -2.30. The number of hydrogen-bond acceptors (Lipinski definition) is 1. The summed E-state index contributed by atoms with van der Waals surface area (Å²) in [5.74, 6) is 0.679. The average molecular weight is 311 g/mol. The fourth-order valence-corrected chi connectivity index (χ4v) is 3.54. The van der Waals surface area contributed by atoms with Crippen LogP contribution in [0.15, 0.2) is 12.1 Å². The smallest absolute Gasteiger partial charge is 0.171 e. The van der Waals surface area contributed by atoms with Gasteiger partial charge in [-0.2, -0.15) is 0 Å². The highest BCUT2D eigenvalue weighted by Gasteiger charge is 2.22. The summed E-state index contributed by atoms with van der Waals surface area (Å²) in [6, 6.07) is 4.55. The highest BCUT2D eigenvalue weighted by atomic mass is 35.5. The van der Waals surface area contributed by atoms with Gasteiger partial charge in [0.25, 0.3) is 0 Å². The van der Waals surface area contributed by atoms with Gasteiger partial charge in [-0.05, 0) is 62.0 Å². The first-order chi connectivity index (χ1) is 9.47. The number of nitrogens with one attached hydrogen (secondary N) is 2. The van der Waals surface area contributed by atoms with Crippen LogP contribution in [0, 0.1) is 19.8 Å². The van der Waals surface area contributed by atoms with Crippen molar-refractivity contribution in [1.29, 1.82) is 0 Å². The van der Waals surface area contributed by atoms with E-state index in [1.165, 1.54) is 25.7 Å². The van der Waals surface area contributed by atoms with Gasteiger partial charge in [0, 0.05) is 6.04 Å². The van der Waals surface area contributed by atoms with E-state index in [4.69, 9.17) is 23.8 Å². The predicted octanol–water partition coefficient (Wildman–Crippen LogP) is 4.82. The minimum atomic E-state index is 0.480. The Hall–Kier alpha value is -0.800. The van der Waals surface area contributed by atoms with Gasteiger partial charge in [-0.1, -0.05) is 37.4 Å². The van der Waals surface area contributed by atoms with E-state index < -0.39 is 0 Å². The van der Waals surface area contributed by atoms with Gasteiger partial charge in [-0.3, -0.25) is 0 Å². The molecule has 0 aliphatic heterocycles. The second-order valence-corrected chi connectivity index (χ2v) is 6.72. The van der Waals surface area contributed by atoms with Crippen LogP contribution in [0.1, 0.15) is 43.7 Å². The first kappa shape index (κ1) is 15.6. The van der Waals surface area contributed by atoms with Crippen molar-refractivity contribution in [2.45, 2.75) is 52.5 Å². The highest BCUT2D eigenvalue weighted by Crippen LogP contribution is 2.28. The first-order valence-electron chi connectivity index (χ1n) is 7.31. The standard InChI is InChI=1S/C16H23ClN2S/c1-10-8-12(3)15(13(17)9-10)19-16(20)18-14-7-5-4-6-11(14)2/h8-9,11,14H,4-7H2,1-3H3,(H2,18,19,20)/t11-,14+/m0/s1. The Morgan fingerprint density at radius 2 is 1.95 bits per heavy atom. The van der Waals surface area contributed by atoms with Crippen molar-refractivity contribution in [2.24, 2.45) is 5.92 Å². The lowest BCUT2D eigenvalue weighted by molar-refractivity contribution is 0.309. The maximum Gasteiger partial charge on any atom is 0.171 e. The number of aryl methyl sites for hydroxylation is 2. The molecule has 1 aromatic rings. The van der Waals surface area contributed by atoms with Crippen LogP contribution in [-0.2, 0) is 0 Å². The van der Waals surface area contributed by atoms with E-state index in [1.807, 2.05) is 19.9 Å². The molecule has 0 unspecified atom stereocenters. The molecule has 110 valence electrons. The zero-order valence-corrected chi connectivity index (χ0v) is 14.0. The highest BCUT2D eigenvalue weighted by molar-refractivity contribution is 7.80. The SMILES string of the molecule is Cc1cc(C)c(NC(=S)N[C@@H]2CCCC[C@@H]2C)c(Cl)c1. The minimum Gasteiger partial charge on any atom is -0.359 e. The molecule has 1 aliphatic carbocycles. The van der Waals surface area contributed by atoms with Gasteiger partial charge < -0.3 is 10.6 Å². The summed E-state index contributed by atoms with van der Waals surface area (Å²) in [7, 11) is 0. The molecule has 4 heteroatoms. The fourth-order valence-electron chi connectivity index (χ4n) is 2.92. The molecule has 1 aliphatic rings. The van der Waals surface area contributed by atoms with E-state index in [0.717, 1.165) is 21.8 Å².